The van der Waals surface area contributed by atoms with E-state index in [4.69, 9.17) is 9.73 Å². The maximum Gasteiger partial charge on any atom is 0.225 e. The molecule has 0 aromatic heterocycles. The van der Waals surface area contributed by atoms with Crippen LogP contribution < -0.4 is 16.0 Å². The molecule has 1 saturated heterocycles. The Balaban J connectivity index is 1.37. The van der Waals surface area contributed by atoms with E-state index in [-0.39, 0.29) is 11.8 Å². The van der Waals surface area contributed by atoms with Crippen molar-refractivity contribution in [3.8, 4) is 0 Å². The molecule has 2 aliphatic heterocycles. The predicted octanol–water partition coefficient (Wildman–Crippen LogP) is 2.70. The van der Waals surface area contributed by atoms with Crippen LogP contribution in [0.2, 0.25) is 0 Å². The molecule has 7 nitrogen and oxygen atoms in total. The first-order chi connectivity index (χ1) is 15.7. The molecule has 170 valence electrons. The van der Waals surface area contributed by atoms with Gasteiger partial charge < -0.3 is 20.7 Å². The maximum atomic E-state index is 12.1. The summed E-state index contributed by atoms with van der Waals surface area (Å²) in [5.41, 5.74) is 4.58. The third-order valence-electron chi connectivity index (χ3n) is 5.89. The zero-order chi connectivity index (χ0) is 22.2. The lowest BCUT2D eigenvalue weighted by Gasteiger charge is -2.26. The highest BCUT2D eigenvalue weighted by Gasteiger charge is 2.24. The quantitative estimate of drug-likeness (QED) is 0.460. The first kappa shape index (κ1) is 22.3. The summed E-state index contributed by atoms with van der Waals surface area (Å²) < 4.78 is 5.45. The Morgan fingerprint density at radius 2 is 1.94 bits per heavy atom. The molecule has 2 heterocycles. The van der Waals surface area contributed by atoms with Crippen molar-refractivity contribution in [2.75, 3.05) is 44.7 Å². The summed E-state index contributed by atoms with van der Waals surface area (Å²) in [4.78, 5) is 19.3. The summed E-state index contributed by atoms with van der Waals surface area (Å²) in [7, 11) is 0. The Morgan fingerprint density at radius 1 is 1.12 bits per heavy atom. The van der Waals surface area contributed by atoms with Gasteiger partial charge in [0.2, 0.25) is 5.91 Å². The number of para-hydroxylation sites is 1. The number of anilines is 1. The highest BCUT2D eigenvalue weighted by atomic mass is 16.5. The van der Waals surface area contributed by atoms with Gasteiger partial charge in [-0.15, -0.1) is 0 Å². The molecule has 32 heavy (non-hydrogen) atoms. The number of carbonyl (C=O) groups is 1. The molecule has 1 unspecified atom stereocenters. The van der Waals surface area contributed by atoms with Crippen LogP contribution >= 0.6 is 0 Å². The van der Waals surface area contributed by atoms with E-state index in [0.717, 1.165) is 51.0 Å². The van der Waals surface area contributed by atoms with Gasteiger partial charge in [0.05, 0.1) is 19.8 Å². The second-order valence-electron chi connectivity index (χ2n) is 8.32. The van der Waals surface area contributed by atoms with Gasteiger partial charge in [-0.05, 0) is 29.7 Å². The molecule has 7 heteroatoms. The molecule has 2 aromatic carbocycles. The number of ether oxygens (including phenoxy) is 1. The van der Waals surface area contributed by atoms with Crippen LogP contribution in [0.3, 0.4) is 0 Å². The molecule has 2 aliphatic rings. The summed E-state index contributed by atoms with van der Waals surface area (Å²) in [6, 6.07) is 16.7. The molecule has 0 bridgehead atoms. The number of nitrogens with zero attached hydrogens (tertiary/aromatic N) is 2. The molecule has 2 aromatic rings. The Morgan fingerprint density at radius 3 is 2.78 bits per heavy atom. The van der Waals surface area contributed by atoms with Crippen LogP contribution in [0.15, 0.2) is 53.5 Å². The monoisotopic (exact) mass is 435 g/mol. The average molecular weight is 436 g/mol. The van der Waals surface area contributed by atoms with Gasteiger partial charge in [-0.2, -0.15) is 0 Å². The second kappa shape index (κ2) is 11.1. The van der Waals surface area contributed by atoms with Crippen molar-refractivity contribution < 1.29 is 9.53 Å². The van der Waals surface area contributed by atoms with Crippen LogP contribution in [0, 0.1) is 0 Å². The Bertz CT molecular complexity index is 939. The molecule has 1 amide bonds. The zero-order valence-corrected chi connectivity index (χ0v) is 18.8. The summed E-state index contributed by atoms with van der Waals surface area (Å²) in [6.45, 7) is 8.65. The second-order valence-corrected chi connectivity index (χ2v) is 8.32. The van der Waals surface area contributed by atoms with Crippen molar-refractivity contribution in [2.45, 2.75) is 32.4 Å². The van der Waals surface area contributed by atoms with Crippen LogP contribution in [-0.4, -0.2) is 56.2 Å². The zero-order valence-electron chi connectivity index (χ0n) is 18.8. The van der Waals surface area contributed by atoms with Gasteiger partial charge in [0.25, 0.3) is 0 Å². The van der Waals surface area contributed by atoms with Gasteiger partial charge in [-0.25, -0.2) is 4.99 Å². The molecule has 0 aliphatic carbocycles. The van der Waals surface area contributed by atoms with Gasteiger partial charge in [0.15, 0.2) is 5.96 Å². The number of guanidine groups is 1. The number of benzene rings is 2. The molecule has 0 spiro atoms. The number of hydrogen-bond donors (Lipinski definition) is 3. The number of amides is 1. The van der Waals surface area contributed by atoms with E-state index in [9.17, 15) is 4.79 Å². The number of rotatable bonds is 7. The van der Waals surface area contributed by atoms with Crippen LogP contribution in [0.25, 0.3) is 0 Å². The molecule has 0 saturated carbocycles. The molecule has 0 radical (unpaired) electrons. The van der Waals surface area contributed by atoms with Gasteiger partial charge in [-0.3, -0.25) is 9.69 Å². The lowest BCUT2D eigenvalue weighted by molar-refractivity contribution is -0.116. The van der Waals surface area contributed by atoms with Crippen molar-refractivity contribution in [3.05, 3.63) is 65.2 Å². The van der Waals surface area contributed by atoms with E-state index >= 15 is 0 Å². The van der Waals surface area contributed by atoms with E-state index in [2.05, 4.69) is 58.1 Å². The maximum absolute atomic E-state index is 12.1. The van der Waals surface area contributed by atoms with E-state index in [1.54, 1.807) is 0 Å². The standard InChI is InChI=1S/C25H33N5O2/c1-2-26-25(28-17-21-15-24(31)29-23-9-4-3-8-22(21)23)27-16-19-6-5-7-20(14-19)18-30-10-12-32-13-11-30/h3-9,14,21H,2,10-13,15-18H2,1H3,(H,29,31)(H2,26,27,28). The van der Waals surface area contributed by atoms with E-state index in [1.807, 2.05) is 18.2 Å². The Hall–Kier alpha value is -2.90. The summed E-state index contributed by atoms with van der Waals surface area (Å²) in [5.74, 6) is 0.963. The minimum Gasteiger partial charge on any atom is -0.379 e. The van der Waals surface area contributed by atoms with Crippen molar-refractivity contribution in [1.82, 2.24) is 15.5 Å². The Kier molecular flexibility index (Phi) is 7.74. The van der Waals surface area contributed by atoms with Crippen molar-refractivity contribution in [2.24, 2.45) is 4.99 Å². The van der Waals surface area contributed by atoms with Gasteiger partial charge in [0.1, 0.15) is 0 Å². The molecule has 1 fully saturated rings. The number of carbonyl (C=O) groups excluding carboxylic acids is 1. The van der Waals surface area contributed by atoms with E-state index in [1.165, 1.54) is 16.7 Å². The smallest absolute Gasteiger partial charge is 0.225 e. The minimum atomic E-state index is 0.0644. The number of hydrogen-bond acceptors (Lipinski definition) is 4. The summed E-state index contributed by atoms with van der Waals surface area (Å²) in [5, 5.41) is 9.72. The first-order valence-electron chi connectivity index (χ1n) is 11.5. The van der Waals surface area contributed by atoms with Gasteiger partial charge >= 0.3 is 0 Å². The lowest BCUT2D eigenvalue weighted by Crippen LogP contribution is -2.40. The number of morpholine rings is 1. The number of aliphatic imine (C=N–C) groups is 1. The number of fused-ring (bicyclic) bond motifs is 1. The summed E-state index contributed by atoms with van der Waals surface area (Å²) in [6.07, 6.45) is 0.479. The van der Waals surface area contributed by atoms with Crippen LogP contribution in [0.5, 0.6) is 0 Å². The fourth-order valence-electron chi connectivity index (χ4n) is 4.26. The average Bonchev–Trinajstić information content (AvgIpc) is 2.81. The van der Waals surface area contributed by atoms with Crippen molar-refractivity contribution >= 4 is 17.6 Å². The Labute approximate surface area is 190 Å². The molecule has 1 atom stereocenters. The third kappa shape index (κ3) is 6.08. The predicted molar refractivity (Wildman–Crippen MR) is 128 cm³/mol. The SMILES string of the molecule is CCNC(=NCc1cccc(CN2CCOCC2)c1)NCC1CC(=O)Nc2ccccc21. The van der Waals surface area contributed by atoms with Crippen LogP contribution in [0.1, 0.15) is 36.0 Å². The largest absolute Gasteiger partial charge is 0.379 e. The summed E-state index contributed by atoms with van der Waals surface area (Å²) >= 11 is 0. The van der Waals surface area contributed by atoms with E-state index in [0.29, 0.717) is 19.5 Å². The lowest BCUT2D eigenvalue weighted by atomic mass is 9.90. The topological polar surface area (TPSA) is 78.0 Å². The molecular weight excluding hydrogens is 402 g/mol. The van der Waals surface area contributed by atoms with Gasteiger partial charge in [0, 0.05) is 50.7 Å². The fraction of sp³-hybridized carbons (Fsp3) is 0.440. The van der Waals surface area contributed by atoms with Crippen molar-refractivity contribution in [3.63, 3.8) is 0 Å². The van der Waals surface area contributed by atoms with Gasteiger partial charge in [-0.1, -0.05) is 42.5 Å². The van der Waals surface area contributed by atoms with Crippen LogP contribution in [0.4, 0.5) is 5.69 Å². The van der Waals surface area contributed by atoms with E-state index < -0.39 is 0 Å². The third-order valence-corrected chi connectivity index (χ3v) is 5.89. The molecule has 3 N–H and O–H groups in total. The highest BCUT2D eigenvalue weighted by Crippen LogP contribution is 2.31. The normalized spacial score (nSPS) is 19.2. The highest BCUT2D eigenvalue weighted by molar-refractivity contribution is 5.94. The van der Waals surface area contributed by atoms with Crippen LogP contribution in [-0.2, 0) is 22.6 Å². The molecular formula is C25H33N5O2. The van der Waals surface area contributed by atoms with Crippen molar-refractivity contribution in [1.29, 1.82) is 0 Å². The first-order valence-corrected chi connectivity index (χ1v) is 11.5. The minimum absolute atomic E-state index is 0.0644. The number of nitrogens with one attached hydrogen (secondary N) is 3. The fourth-order valence-corrected chi connectivity index (χ4v) is 4.26. The molecule has 4 rings (SSSR count).